The molecule has 0 spiro atoms. The Kier molecular flexibility index (Phi) is 5.73. The molecular formula is C11H22N2O3. The SMILES string of the molecule is COCCC(=O)N1CCC(OC)CC1CN. The van der Waals surface area contributed by atoms with Crippen LogP contribution in [-0.2, 0) is 14.3 Å². The van der Waals surface area contributed by atoms with E-state index in [4.69, 9.17) is 15.2 Å². The van der Waals surface area contributed by atoms with E-state index in [0.29, 0.717) is 19.6 Å². The van der Waals surface area contributed by atoms with Gasteiger partial charge in [-0.25, -0.2) is 0 Å². The fourth-order valence-corrected chi connectivity index (χ4v) is 2.11. The zero-order valence-electron chi connectivity index (χ0n) is 10.1. The molecular weight excluding hydrogens is 208 g/mol. The highest BCUT2D eigenvalue weighted by Gasteiger charge is 2.30. The van der Waals surface area contributed by atoms with Gasteiger partial charge in [0.25, 0.3) is 0 Å². The lowest BCUT2D eigenvalue weighted by Crippen LogP contribution is -2.51. The highest BCUT2D eigenvalue weighted by molar-refractivity contribution is 5.76. The summed E-state index contributed by atoms with van der Waals surface area (Å²) in [5.74, 6) is 0.131. The average Bonchev–Trinajstić information content (AvgIpc) is 2.34. The number of amides is 1. The Labute approximate surface area is 96.9 Å². The Morgan fingerprint density at radius 3 is 2.81 bits per heavy atom. The number of hydrogen-bond donors (Lipinski definition) is 1. The van der Waals surface area contributed by atoms with Gasteiger partial charge in [0.05, 0.1) is 19.1 Å². The predicted molar refractivity (Wildman–Crippen MR) is 61.1 cm³/mol. The van der Waals surface area contributed by atoms with Crippen molar-refractivity contribution < 1.29 is 14.3 Å². The Morgan fingerprint density at radius 1 is 1.50 bits per heavy atom. The van der Waals surface area contributed by atoms with Crippen LogP contribution in [0.2, 0.25) is 0 Å². The third-order valence-corrected chi connectivity index (χ3v) is 3.11. The second kappa shape index (κ2) is 6.83. The highest BCUT2D eigenvalue weighted by Crippen LogP contribution is 2.19. The zero-order chi connectivity index (χ0) is 12.0. The number of rotatable bonds is 5. The zero-order valence-corrected chi connectivity index (χ0v) is 10.1. The average molecular weight is 230 g/mol. The van der Waals surface area contributed by atoms with Gasteiger partial charge in [0.1, 0.15) is 0 Å². The van der Waals surface area contributed by atoms with Gasteiger partial charge >= 0.3 is 0 Å². The molecule has 0 aliphatic carbocycles. The molecule has 0 radical (unpaired) electrons. The molecule has 1 saturated heterocycles. The van der Waals surface area contributed by atoms with Gasteiger partial charge in [0, 0.05) is 33.4 Å². The number of likely N-dealkylation sites (tertiary alicyclic amines) is 1. The Hall–Kier alpha value is -0.650. The van der Waals surface area contributed by atoms with Crippen LogP contribution >= 0.6 is 0 Å². The first kappa shape index (κ1) is 13.4. The molecule has 0 aromatic heterocycles. The molecule has 0 aromatic rings. The van der Waals surface area contributed by atoms with Gasteiger partial charge < -0.3 is 20.1 Å². The summed E-state index contributed by atoms with van der Waals surface area (Å²) in [5.41, 5.74) is 5.70. The van der Waals surface area contributed by atoms with Crippen LogP contribution < -0.4 is 5.73 Å². The van der Waals surface area contributed by atoms with E-state index in [2.05, 4.69) is 0 Å². The summed E-state index contributed by atoms with van der Waals surface area (Å²) in [7, 11) is 3.31. The first-order valence-corrected chi connectivity index (χ1v) is 5.74. The van der Waals surface area contributed by atoms with E-state index >= 15 is 0 Å². The minimum Gasteiger partial charge on any atom is -0.384 e. The van der Waals surface area contributed by atoms with Gasteiger partial charge in [0.15, 0.2) is 0 Å². The van der Waals surface area contributed by atoms with Crippen molar-refractivity contribution in [1.82, 2.24) is 4.90 Å². The topological polar surface area (TPSA) is 64.8 Å². The van der Waals surface area contributed by atoms with E-state index < -0.39 is 0 Å². The van der Waals surface area contributed by atoms with Gasteiger partial charge in [-0.2, -0.15) is 0 Å². The molecule has 1 heterocycles. The van der Waals surface area contributed by atoms with Gasteiger partial charge in [-0.1, -0.05) is 0 Å². The van der Waals surface area contributed by atoms with Gasteiger partial charge in [0.2, 0.25) is 5.91 Å². The van der Waals surface area contributed by atoms with Crippen LogP contribution in [0.1, 0.15) is 19.3 Å². The third kappa shape index (κ3) is 3.43. The molecule has 2 atom stereocenters. The molecule has 1 rings (SSSR count). The summed E-state index contributed by atoms with van der Waals surface area (Å²) in [6.07, 6.45) is 2.40. The number of hydrogen-bond acceptors (Lipinski definition) is 4. The number of nitrogens with two attached hydrogens (primary N) is 1. The van der Waals surface area contributed by atoms with Crippen molar-refractivity contribution in [3.63, 3.8) is 0 Å². The Morgan fingerprint density at radius 2 is 2.25 bits per heavy atom. The molecule has 0 saturated carbocycles. The summed E-state index contributed by atoms with van der Waals surface area (Å²) >= 11 is 0. The molecule has 0 aromatic carbocycles. The number of carbonyl (C=O) groups is 1. The van der Waals surface area contributed by atoms with E-state index in [1.807, 2.05) is 4.90 Å². The minimum absolute atomic E-state index is 0.114. The van der Waals surface area contributed by atoms with Crippen LogP contribution in [0.25, 0.3) is 0 Å². The lowest BCUT2D eigenvalue weighted by molar-refractivity contribution is -0.137. The molecule has 2 N–H and O–H groups in total. The number of nitrogens with zero attached hydrogens (tertiary/aromatic N) is 1. The summed E-state index contributed by atoms with van der Waals surface area (Å²) in [6.45, 7) is 1.71. The van der Waals surface area contributed by atoms with Crippen molar-refractivity contribution in [3.8, 4) is 0 Å². The quantitative estimate of drug-likeness (QED) is 0.721. The van der Waals surface area contributed by atoms with Crippen molar-refractivity contribution in [3.05, 3.63) is 0 Å². The number of ether oxygens (including phenoxy) is 2. The summed E-state index contributed by atoms with van der Waals surface area (Å²) in [5, 5.41) is 0. The standard InChI is InChI=1S/C11H22N2O3/c1-15-6-4-11(14)13-5-3-10(16-2)7-9(13)8-12/h9-10H,3-8,12H2,1-2H3. The summed E-state index contributed by atoms with van der Waals surface area (Å²) < 4.78 is 10.2. The fraction of sp³-hybridized carbons (Fsp3) is 0.909. The number of carbonyl (C=O) groups excluding carboxylic acids is 1. The van der Waals surface area contributed by atoms with E-state index in [0.717, 1.165) is 19.4 Å². The molecule has 1 aliphatic rings. The monoisotopic (exact) mass is 230 g/mol. The Balaban J connectivity index is 2.49. The van der Waals surface area contributed by atoms with E-state index in [9.17, 15) is 4.79 Å². The maximum atomic E-state index is 11.9. The van der Waals surface area contributed by atoms with Gasteiger partial charge in [-0.05, 0) is 12.8 Å². The molecule has 16 heavy (non-hydrogen) atoms. The number of methoxy groups -OCH3 is 2. The molecule has 1 amide bonds. The minimum atomic E-state index is 0.114. The van der Waals surface area contributed by atoms with E-state index in [1.165, 1.54) is 0 Å². The largest absolute Gasteiger partial charge is 0.384 e. The van der Waals surface area contributed by atoms with Crippen molar-refractivity contribution in [1.29, 1.82) is 0 Å². The predicted octanol–water partition coefficient (Wildman–Crippen LogP) is -0.0124. The van der Waals surface area contributed by atoms with Crippen molar-refractivity contribution in [2.45, 2.75) is 31.4 Å². The lowest BCUT2D eigenvalue weighted by atomic mass is 9.99. The van der Waals surface area contributed by atoms with E-state index in [-0.39, 0.29) is 18.1 Å². The molecule has 5 nitrogen and oxygen atoms in total. The van der Waals surface area contributed by atoms with Crippen molar-refractivity contribution in [2.24, 2.45) is 5.73 Å². The Bertz CT molecular complexity index is 223. The lowest BCUT2D eigenvalue weighted by Gasteiger charge is -2.38. The maximum absolute atomic E-state index is 11.9. The van der Waals surface area contributed by atoms with Crippen LogP contribution in [-0.4, -0.2) is 56.9 Å². The first-order chi connectivity index (χ1) is 7.72. The normalized spacial score (nSPS) is 25.8. The first-order valence-electron chi connectivity index (χ1n) is 5.74. The van der Waals surface area contributed by atoms with Crippen LogP contribution in [0.4, 0.5) is 0 Å². The van der Waals surface area contributed by atoms with Crippen LogP contribution in [0.5, 0.6) is 0 Å². The second-order valence-electron chi connectivity index (χ2n) is 4.10. The summed E-state index contributed by atoms with van der Waals surface area (Å²) in [4.78, 5) is 13.7. The maximum Gasteiger partial charge on any atom is 0.225 e. The molecule has 2 unspecified atom stereocenters. The molecule has 1 aliphatic heterocycles. The molecule has 94 valence electrons. The van der Waals surface area contributed by atoms with Crippen LogP contribution in [0.15, 0.2) is 0 Å². The van der Waals surface area contributed by atoms with Crippen LogP contribution in [0.3, 0.4) is 0 Å². The molecule has 5 heteroatoms. The fourth-order valence-electron chi connectivity index (χ4n) is 2.11. The second-order valence-corrected chi connectivity index (χ2v) is 4.10. The third-order valence-electron chi connectivity index (χ3n) is 3.11. The summed E-state index contributed by atoms with van der Waals surface area (Å²) in [6, 6.07) is 0.114. The van der Waals surface area contributed by atoms with Crippen molar-refractivity contribution >= 4 is 5.91 Å². The molecule has 0 bridgehead atoms. The number of piperidine rings is 1. The van der Waals surface area contributed by atoms with Crippen molar-refractivity contribution in [2.75, 3.05) is 33.9 Å². The van der Waals surface area contributed by atoms with Gasteiger partial charge in [-0.15, -0.1) is 0 Å². The highest BCUT2D eigenvalue weighted by atomic mass is 16.5. The van der Waals surface area contributed by atoms with Crippen LogP contribution in [0, 0.1) is 0 Å². The van der Waals surface area contributed by atoms with Gasteiger partial charge in [-0.3, -0.25) is 4.79 Å². The smallest absolute Gasteiger partial charge is 0.225 e. The molecule has 1 fully saturated rings. The van der Waals surface area contributed by atoms with E-state index in [1.54, 1.807) is 14.2 Å².